The van der Waals surface area contributed by atoms with Crippen LogP contribution in [0.2, 0.25) is 0 Å². The van der Waals surface area contributed by atoms with Gasteiger partial charge < -0.3 is 10.8 Å². The summed E-state index contributed by atoms with van der Waals surface area (Å²) < 4.78 is 13.4. The number of hydrogen-bond acceptors (Lipinski definition) is 3. The Morgan fingerprint density at radius 2 is 2.22 bits per heavy atom. The van der Waals surface area contributed by atoms with E-state index in [1.54, 1.807) is 6.07 Å². The molecular weight excluding hydrogens is 231 g/mol. The Bertz CT molecular complexity index is 395. The van der Waals surface area contributed by atoms with Gasteiger partial charge in [0.15, 0.2) is 0 Å². The molecule has 0 amide bonds. The molecule has 0 aromatic heterocycles. The molecule has 1 unspecified atom stereocenters. The van der Waals surface area contributed by atoms with Gasteiger partial charge in [0.2, 0.25) is 0 Å². The number of rotatable bonds is 4. The van der Waals surface area contributed by atoms with E-state index >= 15 is 0 Å². The Morgan fingerprint density at radius 3 is 2.94 bits per heavy atom. The van der Waals surface area contributed by atoms with Gasteiger partial charge in [-0.15, -0.1) is 0 Å². The van der Waals surface area contributed by atoms with Crippen molar-refractivity contribution in [3.05, 3.63) is 29.6 Å². The van der Waals surface area contributed by atoms with Gasteiger partial charge in [0, 0.05) is 19.2 Å². The number of nitrogen functional groups attached to an aromatic ring is 1. The van der Waals surface area contributed by atoms with Gasteiger partial charge in [-0.05, 0) is 43.5 Å². The highest BCUT2D eigenvalue weighted by Crippen LogP contribution is 2.22. The highest BCUT2D eigenvalue weighted by molar-refractivity contribution is 5.41. The van der Waals surface area contributed by atoms with E-state index in [1.807, 2.05) is 6.07 Å². The van der Waals surface area contributed by atoms with Crippen molar-refractivity contribution in [2.24, 2.45) is 0 Å². The lowest BCUT2D eigenvalue weighted by molar-refractivity contribution is 0.112. The highest BCUT2D eigenvalue weighted by Gasteiger charge is 2.21. The minimum absolute atomic E-state index is 0.198. The fraction of sp³-hybridized carbons (Fsp3) is 0.571. The van der Waals surface area contributed by atoms with E-state index in [4.69, 9.17) is 10.8 Å². The van der Waals surface area contributed by atoms with Crippen LogP contribution in [0.15, 0.2) is 18.2 Å². The average molecular weight is 252 g/mol. The predicted octanol–water partition coefficient (Wildman–Crippen LogP) is 2.14. The summed E-state index contributed by atoms with van der Waals surface area (Å²) in [4.78, 5) is 2.34. The Balaban J connectivity index is 2.03. The maximum atomic E-state index is 13.4. The van der Waals surface area contributed by atoms with Crippen molar-refractivity contribution in [1.29, 1.82) is 0 Å². The molecule has 1 saturated heterocycles. The van der Waals surface area contributed by atoms with E-state index in [-0.39, 0.29) is 18.1 Å². The fourth-order valence-corrected chi connectivity index (χ4v) is 2.65. The molecule has 0 radical (unpaired) electrons. The van der Waals surface area contributed by atoms with Crippen molar-refractivity contribution in [2.75, 3.05) is 18.9 Å². The zero-order valence-electron chi connectivity index (χ0n) is 10.6. The van der Waals surface area contributed by atoms with Gasteiger partial charge in [-0.25, -0.2) is 4.39 Å². The molecule has 1 aromatic carbocycles. The van der Waals surface area contributed by atoms with E-state index in [1.165, 1.54) is 18.9 Å². The van der Waals surface area contributed by atoms with Crippen molar-refractivity contribution in [3.63, 3.8) is 0 Å². The standard InChI is InChI=1S/C14H21FN2O/c15-13-9-11(4-5-14(13)16)10-17-7-2-1-3-12(17)6-8-18/h4-5,9,12,18H,1-3,6-8,10,16H2. The van der Waals surface area contributed by atoms with Gasteiger partial charge in [0.25, 0.3) is 0 Å². The van der Waals surface area contributed by atoms with Crippen molar-refractivity contribution in [1.82, 2.24) is 4.90 Å². The highest BCUT2D eigenvalue weighted by atomic mass is 19.1. The largest absolute Gasteiger partial charge is 0.396 e. The lowest BCUT2D eigenvalue weighted by atomic mass is 9.99. The smallest absolute Gasteiger partial charge is 0.146 e. The predicted molar refractivity (Wildman–Crippen MR) is 70.6 cm³/mol. The first-order valence-corrected chi connectivity index (χ1v) is 6.59. The molecule has 1 aromatic rings. The molecule has 18 heavy (non-hydrogen) atoms. The van der Waals surface area contributed by atoms with E-state index in [0.717, 1.165) is 31.5 Å². The molecule has 1 heterocycles. The first-order valence-electron chi connectivity index (χ1n) is 6.59. The first kappa shape index (κ1) is 13.3. The topological polar surface area (TPSA) is 49.5 Å². The lowest BCUT2D eigenvalue weighted by Gasteiger charge is -2.35. The molecular formula is C14H21FN2O. The molecule has 0 bridgehead atoms. The summed E-state index contributed by atoms with van der Waals surface area (Å²) in [6.07, 6.45) is 4.33. The number of anilines is 1. The molecule has 4 heteroatoms. The van der Waals surface area contributed by atoms with Crippen LogP contribution in [-0.4, -0.2) is 29.2 Å². The number of hydrogen-bond donors (Lipinski definition) is 2. The summed E-state index contributed by atoms with van der Waals surface area (Å²) in [5.74, 6) is -0.344. The molecule has 1 aliphatic heterocycles. The monoisotopic (exact) mass is 252 g/mol. The number of aliphatic hydroxyl groups is 1. The molecule has 1 atom stereocenters. The van der Waals surface area contributed by atoms with Crippen LogP contribution in [0, 0.1) is 5.82 Å². The zero-order valence-corrected chi connectivity index (χ0v) is 10.6. The van der Waals surface area contributed by atoms with Crippen LogP contribution in [0.25, 0.3) is 0 Å². The maximum absolute atomic E-state index is 13.4. The molecule has 3 N–H and O–H groups in total. The van der Waals surface area contributed by atoms with E-state index in [0.29, 0.717) is 6.04 Å². The van der Waals surface area contributed by atoms with Gasteiger partial charge in [-0.3, -0.25) is 4.90 Å². The molecule has 1 fully saturated rings. The molecule has 100 valence electrons. The van der Waals surface area contributed by atoms with Crippen LogP contribution in [0.3, 0.4) is 0 Å². The Labute approximate surface area is 107 Å². The Morgan fingerprint density at radius 1 is 1.39 bits per heavy atom. The van der Waals surface area contributed by atoms with Gasteiger partial charge in [0.05, 0.1) is 5.69 Å². The summed E-state index contributed by atoms with van der Waals surface area (Å²) in [7, 11) is 0. The van der Waals surface area contributed by atoms with Crippen molar-refractivity contribution in [3.8, 4) is 0 Å². The zero-order chi connectivity index (χ0) is 13.0. The number of halogens is 1. The number of aliphatic hydroxyl groups excluding tert-OH is 1. The van der Waals surface area contributed by atoms with Crippen molar-refractivity contribution < 1.29 is 9.50 Å². The maximum Gasteiger partial charge on any atom is 0.146 e. The Hall–Kier alpha value is -1.13. The minimum atomic E-state index is -0.344. The SMILES string of the molecule is Nc1ccc(CN2CCCCC2CCO)cc1F. The second kappa shape index (κ2) is 6.16. The number of nitrogens with two attached hydrogens (primary N) is 1. The first-order chi connectivity index (χ1) is 8.70. The lowest BCUT2D eigenvalue weighted by Crippen LogP contribution is -2.39. The number of piperidine rings is 1. The summed E-state index contributed by atoms with van der Waals surface area (Å²) >= 11 is 0. The van der Waals surface area contributed by atoms with Gasteiger partial charge >= 0.3 is 0 Å². The summed E-state index contributed by atoms with van der Waals surface area (Å²) in [5, 5.41) is 9.08. The van der Waals surface area contributed by atoms with Crippen LogP contribution < -0.4 is 5.73 Å². The van der Waals surface area contributed by atoms with Gasteiger partial charge in [-0.2, -0.15) is 0 Å². The van der Waals surface area contributed by atoms with Crippen LogP contribution in [-0.2, 0) is 6.54 Å². The second-order valence-electron chi connectivity index (χ2n) is 4.99. The molecule has 2 rings (SSSR count). The van der Waals surface area contributed by atoms with Crippen molar-refractivity contribution in [2.45, 2.75) is 38.3 Å². The summed E-state index contributed by atoms with van der Waals surface area (Å²) in [6.45, 7) is 1.98. The van der Waals surface area contributed by atoms with Crippen molar-refractivity contribution >= 4 is 5.69 Å². The van der Waals surface area contributed by atoms with Gasteiger partial charge in [-0.1, -0.05) is 12.5 Å². The second-order valence-corrected chi connectivity index (χ2v) is 4.99. The molecule has 0 saturated carbocycles. The average Bonchev–Trinajstić information content (AvgIpc) is 2.37. The third kappa shape index (κ3) is 3.21. The third-order valence-corrected chi connectivity index (χ3v) is 3.66. The molecule has 0 spiro atoms. The third-order valence-electron chi connectivity index (χ3n) is 3.66. The van der Waals surface area contributed by atoms with E-state index < -0.39 is 0 Å². The minimum Gasteiger partial charge on any atom is -0.396 e. The number of likely N-dealkylation sites (tertiary alicyclic amines) is 1. The van der Waals surface area contributed by atoms with Gasteiger partial charge in [0.1, 0.15) is 5.82 Å². The Kier molecular flexibility index (Phi) is 4.55. The quantitative estimate of drug-likeness (QED) is 0.807. The molecule has 1 aliphatic rings. The van der Waals surface area contributed by atoms with E-state index in [9.17, 15) is 4.39 Å². The molecule has 3 nitrogen and oxygen atoms in total. The van der Waals surface area contributed by atoms with Crippen LogP contribution in [0.1, 0.15) is 31.2 Å². The number of benzene rings is 1. The van der Waals surface area contributed by atoms with Crippen LogP contribution in [0.4, 0.5) is 10.1 Å². The molecule has 0 aliphatic carbocycles. The number of nitrogens with zero attached hydrogens (tertiary/aromatic N) is 1. The normalized spacial score (nSPS) is 21.1. The van der Waals surface area contributed by atoms with Crippen LogP contribution >= 0.6 is 0 Å². The van der Waals surface area contributed by atoms with Crippen LogP contribution in [0.5, 0.6) is 0 Å². The summed E-state index contributed by atoms with van der Waals surface area (Å²) in [5.41, 5.74) is 6.62. The van der Waals surface area contributed by atoms with E-state index in [2.05, 4.69) is 4.90 Å². The fourth-order valence-electron chi connectivity index (χ4n) is 2.65. The summed E-state index contributed by atoms with van der Waals surface area (Å²) in [6, 6.07) is 5.43.